The maximum absolute atomic E-state index is 12.8. The van der Waals surface area contributed by atoms with Crippen LogP contribution in [0.3, 0.4) is 0 Å². The summed E-state index contributed by atoms with van der Waals surface area (Å²) in [6.07, 6.45) is 5.84. The molecule has 20 heavy (non-hydrogen) atoms. The molecule has 1 spiro atoms. The van der Waals surface area contributed by atoms with Crippen LogP contribution in [0.15, 0.2) is 24.3 Å². The van der Waals surface area contributed by atoms with Crippen LogP contribution in [0.1, 0.15) is 44.1 Å². The van der Waals surface area contributed by atoms with Gasteiger partial charge in [-0.1, -0.05) is 43.4 Å². The monoisotopic (exact) mass is 272 g/mol. The zero-order valence-electron chi connectivity index (χ0n) is 11.8. The number of hydrogen-bond donors (Lipinski definition) is 1. The van der Waals surface area contributed by atoms with Crippen LogP contribution in [0, 0.1) is 6.92 Å². The van der Waals surface area contributed by atoms with Gasteiger partial charge in [-0.05, 0) is 31.9 Å². The van der Waals surface area contributed by atoms with Gasteiger partial charge in [0.05, 0.1) is 5.69 Å². The topological polar surface area (TPSA) is 49.4 Å². The fourth-order valence-electron chi connectivity index (χ4n) is 3.22. The van der Waals surface area contributed by atoms with E-state index in [4.69, 9.17) is 0 Å². The Morgan fingerprint density at radius 3 is 2.20 bits per heavy atom. The second-order valence-corrected chi connectivity index (χ2v) is 5.90. The van der Waals surface area contributed by atoms with E-state index in [1.807, 2.05) is 31.2 Å². The molecule has 3 amide bonds. The summed E-state index contributed by atoms with van der Waals surface area (Å²) < 4.78 is 0. The van der Waals surface area contributed by atoms with E-state index >= 15 is 0 Å². The lowest BCUT2D eigenvalue weighted by Crippen LogP contribution is -2.46. The Labute approximate surface area is 119 Å². The van der Waals surface area contributed by atoms with E-state index in [1.165, 1.54) is 4.90 Å². The molecule has 2 fully saturated rings. The Kier molecular flexibility index (Phi) is 3.24. The number of anilines is 1. The van der Waals surface area contributed by atoms with Crippen LogP contribution in [-0.2, 0) is 4.79 Å². The van der Waals surface area contributed by atoms with Gasteiger partial charge in [0.25, 0.3) is 5.91 Å². The highest BCUT2D eigenvalue weighted by Gasteiger charge is 2.51. The van der Waals surface area contributed by atoms with Crippen LogP contribution >= 0.6 is 0 Å². The molecule has 1 heterocycles. The average Bonchev–Trinajstić information content (AvgIpc) is 2.60. The molecule has 0 aromatic heterocycles. The maximum atomic E-state index is 12.8. The van der Waals surface area contributed by atoms with Crippen molar-refractivity contribution in [2.24, 2.45) is 0 Å². The predicted octanol–water partition coefficient (Wildman–Crippen LogP) is 3.14. The molecule has 1 aromatic rings. The van der Waals surface area contributed by atoms with E-state index in [9.17, 15) is 9.59 Å². The zero-order valence-corrected chi connectivity index (χ0v) is 11.8. The number of benzene rings is 1. The normalized spacial score (nSPS) is 21.9. The molecule has 1 saturated carbocycles. The molecule has 106 valence electrons. The van der Waals surface area contributed by atoms with Crippen molar-refractivity contribution >= 4 is 17.6 Å². The fraction of sp³-hybridized carbons (Fsp3) is 0.500. The van der Waals surface area contributed by atoms with Gasteiger partial charge in [0.1, 0.15) is 5.54 Å². The van der Waals surface area contributed by atoms with Gasteiger partial charge in [-0.3, -0.25) is 4.79 Å². The van der Waals surface area contributed by atoms with E-state index in [0.29, 0.717) is 5.69 Å². The minimum absolute atomic E-state index is 0.0757. The molecular formula is C16H20N2O2. The third-order valence-electron chi connectivity index (χ3n) is 4.41. The van der Waals surface area contributed by atoms with Crippen molar-refractivity contribution in [3.05, 3.63) is 29.8 Å². The van der Waals surface area contributed by atoms with E-state index in [-0.39, 0.29) is 11.9 Å². The number of rotatable bonds is 1. The Hall–Kier alpha value is -1.84. The van der Waals surface area contributed by atoms with Gasteiger partial charge >= 0.3 is 6.03 Å². The summed E-state index contributed by atoms with van der Waals surface area (Å²) >= 11 is 0. The number of aryl methyl sites for hydroxylation is 1. The van der Waals surface area contributed by atoms with Crippen molar-refractivity contribution in [2.75, 3.05) is 4.90 Å². The molecule has 1 aliphatic carbocycles. The molecule has 0 bridgehead atoms. The number of nitrogens with one attached hydrogen (secondary N) is 1. The number of amides is 3. The molecule has 0 atom stereocenters. The Morgan fingerprint density at radius 2 is 1.60 bits per heavy atom. The van der Waals surface area contributed by atoms with E-state index in [2.05, 4.69) is 5.32 Å². The van der Waals surface area contributed by atoms with Gasteiger partial charge in [-0.15, -0.1) is 0 Å². The number of nitrogens with zero attached hydrogens (tertiary/aromatic N) is 1. The van der Waals surface area contributed by atoms with Gasteiger partial charge < -0.3 is 5.32 Å². The van der Waals surface area contributed by atoms with Crippen LogP contribution in [0.4, 0.5) is 10.5 Å². The Bertz CT molecular complexity index is 528. The summed E-state index contributed by atoms with van der Waals surface area (Å²) in [5.41, 5.74) is 1.13. The van der Waals surface area contributed by atoms with Crippen molar-refractivity contribution in [1.82, 2.24) is 5.32 Å². The third kappa shape index (κ3) is 2.09. The molecule has 1 N–H and O–H groups in total. The number of hydrogen-bond acceptors (Lipinski definition) is 2. The van der Waals surface area contributed by atoms with Crippen LogP contribution < -0.4 is 10.2 Å². The van der Waals surface area contributed by atoms with Crippen LogP contribution in [0.2, 0.25) is 0 Å². The molecular weight excluding hydrogens is 252 g/mol. The number of carbonyl (C=O) groups excluding carboxylic acids is 2. The molecule has 2 aliphatic rings. The van der Waals surface area contributed by atoms with E-state index in [0.717, 1.165) is 44.1 Å². The molecule has 1 aliphatic heterocycles. The van der Waals surface area contributed by atoms with Crippen molar-refractivity contribution < 1.29 is 9.59 Å². The molecule has 4 nitrogen and oxygen atoms in total. The fourth-order valence-corrected chi connectivity index (χ4v) is 3.22. The van der Waals surface area contributed by atoms with Crippen molar-refractivity contribution in [1.29, 1.82) is 0 Å². The van der Waals surface area contributed by atoms with Crippen LogP contribution in [0.25, 0.3) is 0 Å². The summed E-state index contributed by atoms with van der Waals surface area (Å²) in [5.74, 6) is -0.0757. The lowest BCUT2D eigenvalue weighted by Gasteiger charge is -2.24. The molecule has 1 saturated heterocycles. The second kappa shape index (κ2) is 4.93. The lowest BCUT2D eigenvalue weighted by molar-refractivity contribution is -0.122. The molecule has 4 heteroatoms. The van der Waals surface area contributed by atoms with Gasteiger partial charge in [-0.2, -0.15) is 0 Å². The van der Waals surface area contributed by atoms with E-state index in [1.54, 1.807) is 0 Å². The number of imide groups is 1. The standard InChI is InChI=1S/C16H20N2O2/c1-12-6-8-13(9-7-12)18-14(19)16(17-15(18)20)10-4-2-3-5-11-16/h6-9H,2-5,10-11H2,1H3,(H,17,20). The highest BCUT2D eigenvalue weighted by molar-refractivity contribution is 6.23. The molecule has 0 unspecified atom stereocenters. The third-order valence-corrected chi connectivity index (χ3v) is 4.41. The van der Waals surface area contributed by atoms with Gasteiger partial charge in [0.15, 0.2) is 0 Å². The van der Waals surface area contributed by atoms with Crippen molar-refractivity contribution in [3.8, 4) is 0 Å². The first-order chi connectivity index (χ1) is 9.62. The summed E-state index contributed by atoms with van der Waals surface area (Å²) in [7, 11) is 0. The van der Waals surface area contributed by atoms with Crippen LogP contribution in [-0.4, -0.2) is 17.5 Å². The molecule has 1 aromatic carbocycles. The summed E-state index contributed by atoms with van der Waals surface area (Å²) in [6, 6.07) is 7.24. The van der Waals surface area contributed by atoms with Gasteiger partial charge in [-0.25, -0.2) is 9.69 Å². The Morgan fingerprint density at radius 1 is 1.00 bits per heavy atom. The molecule has 3 rings (SSSR count). The van der Waals surface area contributed by atoms with Crippen molar-refractivity contribution in [2.45, 2.75) is 51.0 Å². The van der Waals surface area contributed by atoms with E-state index < -0.39 is 5.54 Å². The number of urea groups is 1. The first-order valence-corrected chi connectivity index (χ1v) is 7.36. The van der Waals surface area contributed by atoms with Crippen LogP contribution in [0.5, 0.6) is 0 Å². The predicted molar refractivity (Wildman–Crippen MR) is 77.6 cm³/mol. The largest absolute Gasteiger partial charge is 0.329 e. The zero-order chi connectivity index (χ0) is 14.2. The summed E-state index contributed by atoms with van der Waals surface area (Å²) in [5, 5.41) is 2.96. The molecule has 0 radical (unpaired) electrons. The number of carbonyl (C=O) groups is 2. The second-order valence-electron chi connectivity index (χ2n) is 5.90. The van der Waals surface area contributed by atoms with Gasteiger partial charge in [0, 0.05) is 0 Å². The van der Waals surface area contributed by atoms with Crippen molar-refractivity contribution in [3.63, 3.8) is 0 Å². The SMILES string of the molecule is Cc1ccc(N2C(=O)NC3(CCCCCC3)C2=O)cc1. The summed E-state index contributed by atoms with van der Waals surface area (Å²) in [4.78, 5) is 26.3. The summed E-state index contributed by atoms with van der Waals surface area (Å²) in [6.45, 7) is 1.99. The quantitative estimate of drug-likeness (QED) is 0.798. The first kappa shape index (κ1) is 13.2. The Balaban J connectivity index is 1.91. The first-order valence-electron chi connectivity index (χ1n) is 7.36. The minimum Gasteiger partial charge on any atom is -0.323 e. The average molecular weight is 272 g/mol. The highest BCUT2D eigenvalue weighted by Crippen LogP contribution is 2.34. The minimum atomic E-state index is -0.654. The lowest BCUT2D eigenvalue weighted by atomic mass is 9.90. The maximum Gasteiger partial charge on any atom is 0.329 e. The van der Waals surface area contributed by atoms with Gasteiger partial charge in [0.2, 0.25) is 0 Å². The highest BCUT2D eigenvalue weighted by atomic mass is 16.2. The smallest absolute Gasteiger partial charge is 0.323 e.